The van der Waals surface area contributed by atoms with Crippen LogP contribution in [0.15, 0.2) is 303 Å². The first-order valence-electron chi connectivity index (χ1n) is 24.7. The second kappa shape index (κ2) is 23.0. The Morgan fingerprint density at radius 3 is 0.500 bits per heavy atom. The molecule has 2 heterocycles. The molecule has 2 aliphatic rings. The zero-order chi connectivity index (χ0) is 48.3. The fraction of sp³-hybridized carbons (Fsp3) is 0. The van der Waals surface area contributed by atoms with Gasteiger partial charge in [0, 0.05) is 0 Å². The van der Waals surface area contributed by atoms with Crippen LogP contribution in [0.1, 0.15) is 44.5 Å². The summed E-state index contributed by atoms with van der Waals surface area (Å²) in [4.78, 5) is 0. The summed E-state index contributed by atoms with van der Waals surface area (Å²) >= 11 is -1.42. The molecule has 340 valence electrons. The molecule has 4 heteroatoms. The molecule has 0 atom stereocenters. The van der Waals surface area contributed by atoms with Gasteiger partial charge in [0.2, 0.25) is 0 Å². The van der Waals surface area contributed by atoms with Crippen molar-refractivity contribution >= 4 is 103 Å². The van der Waals surface area contributed by atoms with E-state index in [1.807, 2.05) is 0 Å². The molecule has 0 radical (unpaired) electrons. The number of hydrogen-bond donors (Lipinski definition) is 0. The third-order valence-corrected chi connectivity index (χ3v) is 20.8. The Labute approximate surface area is 446 Å². The van der Waals surface area contributed by atoms with Gasteiger partial charge in [0.15, 0.2) is 0 Å². The van der Waals surface area contributed by atoms with E-state index in [4.69, 9.17) is 0 Å². The Morgan fingerprint density at radius 2 is 0.319 bits per heavy atom. The van der Waals surface area contributed by atoms with Gasteiger partial charge in [-0.2, -0.15) is 0 Å². The van der Waals surface area contributed by atoms with Crippen molar-refractivity contribution in [1.29, 1.82) is 0 Å². The van der Waals surface area contributed by atoms with Crippen molar-refractivity contribution in [2.45, 2.75) is 0 Å². The number of benzene rings is 10. The predicted molar refractivity (Wildman–Crippen MR) is 314 cm³/mol. The van der Waals surface area contributed by atoms with Crippen molar-refractivity contribution in [3.05, 3.63) is 348 Å². The molecule has 0 unspecified atom stereocenters. The standard InChI is InChI=1S/2C34H25BTe/c2*1-6-16-26(17-7-1)31-33(28-20-10-3-11-21-28)36-34(29-22-12-4-13-23-29)32(27-18-8-2-9-19-27)35(31)30-24-14-5-15-25-30/h2*1-25H. The van der Waals surface area contributed by atoms with Crippen molar-refractivity contribution in [3.8, 4) is 0 Å². The topological polar surface area (TPSA) is 0 Å². The van der Waals surface area contributed by atoms with Crippen molar-refractivity contribution in [2.24, 2.45) is 0 Å². The third kappa shape index (κ3) is 10.3. The van der Waals surface area contributed by atoms with E-state index >= 15 is 0 Å². The molecule has 0 spiro atoms. The van der Waals surface area contributed by atoms with E-state index in [9.17, 15) is 0 Å². The summed E-state index contributed by atoms with van der Waals surface area (Å²) < 4.78 is 6.11. The van der Waals surface area contributed by atoms with Crippen molar-refractivity contribution in [2.75, 3.05) is 0 Å². The molecule has 0 amide bonds. The molecule has 0 aromatic heterocycles. The van der Waals surface area contributed by atoms with E-state index in [2.05, 4.69) is 303 Å². The molecule has 0 bridgehead atoms. The van der Waals surface area contributed by atoms with Gasteiger partial charge in [0.1, 0.15) is 0 Å². The molecule has 0 fully saturated rings. The first-order chi connectivity index (χ1) is 35.8. The average molecular weight is 1140 g/mol. The molecule has 0 aliphatic carbocycles. The molecule has 0 nitrogen and oxygen atoms in total. The van der Waals surface area contributed by atoms with Crippen molar-refractivity contribution in [1.82, 2.24) is 0 Å². The molecular weight excluding hydrogens is 1090 g/mol. The summed E-state index contributed by atoms with van der Waals surface area (Å²) in [6, 6.07) is 111. The summed E-state index contributed by atoms with van der Waals surface area (Å²) in [6.45, 7) is 0.278. The van der Waals surface area contributed by atoms with Gasteiger partial charge in [-0.1, -0.05) is 0 Å². The fourth-order valence-corrected chi connectivity index (χ4v) is 18.1. The first-order valence-corrected chi connectivity index (χ1v) is 29.3. The Hall–Kier alpha value is -7.13. The van der Waals surface area contributed by atoms with Crippen LogP contribution in [0.4, 0.5) is 0 Å². The van der Waals surface area contributed by atoms with Gasteiger partial charge in [-0.15, -0.1) is 0 Å². The fourth-order valence-electron chi connectivity index (χ4n) is 10.1. The first kappa shape index (κ1) is 47.2. The molecule has 0 saturated carbocycles. The van der Waals surface area contributed by atoms with E-state index in [0.29, 0.717) is 0 Å². The van der Waals surface area contributed by atoms with Crippen LogP contribution in [0, 0.1) is 0 Å². The van der Waals surface area contributed by atoms with E-state index in [1.165, 1.54) is 91.8 Å². The monoisotopic (exact) mass is 1150 g/mol. The Bertz CT molecular complexity index is 3060. The van der Waals surface area contributed by atoms with Crippen LogP contribution in [0.25, 0.3) is 36.4 Å². The maximum atomic E-state index is 2.30. The Kier molecular flexibility index (Phi) is 15.1. The minimum absolute atomic E-state index is 0.139. The molecule has 72 heavy (non-hydrogen) atoms. The second-order valence-electron chi connectivity index (χ2n) is 17.8. The molecule has 0 saturated heterocycles. The molecule has 10 aromatic rings. The quantitative estimate of drug-likeness (QED) is 0.120. The second-order valence-corrected chi connectivity index (χ2v) is 23.6. The van der Waals surface area contributed by atoms with Crippen LogP contribution in [0.3, 0.4) is 0 Å². The predicted octanol–water partition coefficient (Wildman–Crippen LogP) is 14.6. The zero-order valence-corrected chi connectivity index (χ0v) is 44.5. The summed E-state index contributed by atoms with van der Waals surface area (Å²) in [5, 5.41) is 0. The van der Waals surface area contributed by atoms with Gasteiger partial charge in [-0.25, -0.2) is 0 Å². The summed E-state index contributed by atoms with van der Waals surface area (Å²) in [7, 11) is 0. The average Bonchev–Trinajstić information content (AvgIpc) is 3.48. The van der Waals surface area contributed by atoms with Gasteiger partial charge in [-0.05, 0) is 0 Å². The number of hydrogen-bond acceptors (Lipinski definition) is 0. The molecule has 2 aliphatic heterocycles. The molecular formula is C68H50B2Te2. The maximum absolute atomic E-state index is 2.30. The normalized spacial score (nSPS) is 13.7. The van der Waals surface area contributed by atoms with Gasteiger partial charge >= 0.3 is 450 Å². The van der Waals surface area contributed by atoms with E-state index in [-0.39, 0.29) is 13.4 Å². The van der Waals surface area contributed by atoms with Gasteiger partial charge < -0.3 is 0 Å². The number of rotatable bonds is 10. The van der Waals surface area contributed by atoms with Crippen LogP contribution in [-0.4, -0.2) is 55.3 Å². The van der Waals surface area contributed by atoms with Crippen molar-refractivity contribution < 1.29 is 0 Å². The third-order valence-electron chi connectivity index (χ3n) is 13.3. The van der Waals surface area contributed by atoms with Crippen LogP contribution in [0.2, 0.25) is 0 Å². The zero-order valence-electron chi connectivity index (χ0n) is 39.8. The summed E-state index contributed by atoms with van der Waals surface area (Å²) in [5.74, 6) is 0. The summed E-state index contributed by atoms with van der Waals surface area (Å²) in [6.07, 6.45) is 0. The SMILES string of the molecule is c1ccc(B2C(c3ccccc3)=C(c3ccccc3)[Te]C(c3ccccc3)=C2c2ccccc2)cc1.c1ccc(B2C(c3ccccc3)=C(c3ccccc3)[Te]C(c3ccccc3)=C2c2ccccc2)cc1. The van der Waals surface area contributed by atoms with Gasteiger partial charge in [0.05, 0.1) is 0 Å². The van der Waals surface area contributed by atoms with Crippen LogP contribution in [0.5, 0.6) is 0 Å². The van der Waals surface area contributed by atoms with Gasteiger partial charge in [0.25, 0.3) is 0 Å². The van der Waals surface area contributed by atoms with Crippen LogP contribution < -0.4 is 10.9 Å². The minimum atomic E-state index is -0.711. The van der Waals surface area contributed by atoms with E-state index < -0.39 is 41.8 Å². The van der Waals surface area contributed by atoms with Crippen molar-refractivity contribution in [3.63, 3.8) is 0 Å². The molecule has 12 rings (SSSR count). The van der Waals surface area contributed by atoms with E-state index in [0.717, 1.165) is 0 Å². The van der Waals surface area contributed by atoms with E-state index in [1.54, 1.807) is 0 Å². The summed E-state index contributed by atoms with van der Waals surface area (Å²) in [5.41, 5.74) is 19.1. The molecule has 0 N–H and O–H groups in total. The van der Waals surface area contributed by atoms with Crippen LogP contribution in [-0.2, 0) is 0 Å². The molecule has 10 aromatic carbocycles. The Morgan fingerprint density at radius 1 is 0.167 bits per heavy atom. The Balaban J connectivity index is 0.000000156. The van der Waals surface area contributed by atoms with Crippen LogP contribution >= 0.6 is 0 Å². The van der Waals surface area contributed by atoms with Gasteiger partial charge in [-0.3, -0.25) is 0 Å².